The lowest BCUT2D eigenvalue weighted by Gasteiger charge is -2.13. The van der Waals surface area contributed by atoms with Gasteiger partial charge in [0.05, 0.1) is 18.1 Å². The number of ketones is 1. The van der Waals surface area contributed by atoms with Crippen molar-refractivity contribution in [3.63, 3.8) is 0 Å². The normalized spacial score (nSPS) is 11.3. The van der Waals surface area contributed by atoms with Crippen molar-refractivity contribution >= 4 is 11.4 Å². The van der Waals surface area contributed by atoms with Crippen LogP contribution in [-0.2, 0) is 12.6 Å². The molecule has 0 aliphatic heterocycles. The molecule has 0 bridgehead atoms. The van der Waals surface area contributed by atoms with E-state index in [4.69, 9.17) is 0 Å². The summed E-state index contributed by atoms with van der Waals surface area (Å²) in [4.78, 5) is 21.2. The lowest BCUT2D eigenvalue weighted by atomic mass is 9.97. The van der Waals surface area contributed by atoms with Crippen LogP contribution in [0.1, 0.15) is 38.3 Å². The fourth-order valence-electron chi connectivity index (χ4n) is 3.76. The van der Waals surface area contributed by atoms with Crippen LogP contribution in [0.3, 0.4) is 0 Å². The fourth-order valence-corrected chi connectivity index (χ4v) is 3.76. The molecule has 3 heterocycles. The second-order valence-electron chi connectivity index (χ2n) is 8.17. The first-order valence-corrected chi connectivity index (χ1v) is 10.9. The molecule has 0 saturated heterocycles. The van der Waals surface area contributed by atoms with Gasteiger partial charge in [-0.3, -0.25) is 4.79 Å². The molecule has 0 amide bonds. The van der Waals surface area contributed by atoms with Gasteiger partial charge >= 0.3 is 6.18 Å². The van der Waals surface area contributed by atoms with Crippen LogP contribution in [-0.4, -0.2) is 29.9 Å². The summed E-state index contributed by atoms with van der Waals surface area (Å²) < 4.78 is 43.6. The molecule has 5 rings (SSSR count). The first-order chi connectivity index (χ1) is 17.3. The van der Waals surface area contributed by atoms with E-state index in [0.717, 1.165) is 17.7 Å². The molecule has 6 nitrogen and oxygen atoms in total. The molecule has 178 valence electrons. The quantitative estimate of drug-likeness (QED) is 0.264. The van der Waals surface area contributed by atoms with E-state index < -0.39 is 11.7 Å². The van der Waals surface area contributed by atoms with Gasteiger partial charge in [0.25, 0.3) is 0 Å². The maximum absolute atomic E-state index is 13.5. The average molecular weight is 485 g/mol. The van der Waals surface area contributed by atoms with Gasteiger partial charge in [0.1, 0.15) is 5.69 Å². The molecule has 0 radical (unpaired) electrons. The maximum Gasteiger partial charge on any atom is 0.416 e. The van der Waals surface area contributed by atoms with Crippen molar-refractivity contribution in [1.29, 1.82) is 0 Å². The van der Waals surface area contributed by atoms with Gasteiger partial charge in [-0.05, 0) is 60.4 Å². The summed E-state index contributed by atoms with van der Waals surface area (Å²) >= 11 is 0. The topological polar surface area (TPSA) is 65.1 Å². The number of hydrogen-bond acceptors (Lipinski definition) is 4. The Bertz CT molecular complexity index is 1640. The summed E-state index contributed by atoms with van der Waals surface area (Å²) in [5.74, 6) is 5.78. The van der Waals surface area contributed by atoms with Crippen LogP contribution >= 0.6 is 0 Å². The van der Waals surface area contributed by atoms with Crippen LogP contribution in [0.2, 0.25) is 0 Å². The molecular formula is C27H18F3N5O. The third-order valence-electron chi connectivity index (χ3n) is 5.63. The molecule has 0 N–H and O–H groups in total. The molecule has 0 fully saturated rings. The van der Waals surface area contributed by atoms with Crippen molar-refractivity contribution < 1.29 is 18.0 Å². The number of aromatic nitrogens is 5. The molecule has 0 saturated carbocycles. The number of hydrogen-bond donors (Lipinski definition) is 0. The predicted octanol–water partition coefficient (Wildman–Crippen LogP) is 5.07. The number of carbonyl (C=O) groups excluding carboxylic acids is 1. The Kier molecular flexibility index (Phi) is 5.86. The molecule has 0 unspecified atom stereocenters. The predicted molar refractivity (Wildman–Crippen MR) is 127 cm³/mol. The van der Waals surface area contributed by atoms with Crippen molar-refractivity contribution in [1.82, 2.24) is 24.1 Å². The van der Waals surface area contributed by atoms with Crippen molar-refractivity contribution in [2.75, 3.05) is 0 Å². The number of alkyl halides is 3. The van der Waals surface area contributed by atoms with Gasteiger partial charge in [-0.25, -0.2) is 14.5 Å². The molecule has 0 aliphatic rings. The van der Waals surface area contributed by atoms with Crippen molar-refractivity contribution in [2.45, 2.75) is 19.5 Å². The Labute approximate surface area is 204 Å². The Morgan fingerprint density at radius 1 is 1.06 bits per heavy atom. The van der Waals surface area contributed by atoms with E-state index in [9.17, 15) is 18.0 Å². The number of halogens is 3. The largest absolute Gasteiger partial charge is 0.416 e. The smallest absolute Gasteiger partial charge is 0.306 e. The van der Waals surface area contributed by atoms with Gasteiger partial charge in [0, 0.05) is 41.8 Å². The van der Waals surface area contributed by atoms with E-state index in [1.165, 1.54) is 17.1 Å². The Morgan fingerprint density at radius 3 is 2.69 bits per heavy atom. The number of rotatable bonds is 4. The lowest BCUT2D eigenvalue weighted by Crippen LogP contribution is -2.10. The van der Waals surface area contributed by atoms with Gasteiger partial charge in [0.2, 0.25) is 0 Å². The monoisotopic (exact) mass is 485 g/mol. The highest BCUT2D eigenvalue weighted by Gasteiger charge is 2.31. The van der Waals surface area contributed by atoms with Crippen molar-refractivity contribution in [3.8, 4) is 17.5 Å². The Balaban J connectivity index is 1.44. The maximum atomic E-state index is 13.5. The van der Waals surface area contributed by atoms with Gasteiger partial charge in [-0.15, -0.1) is 0 Å². The van der Waals surface area contributed by atoms with Gasteiger partial charge < -0.3 is 4.57 Å². The molecule has 0 aliphatic carbocycles. The van der Waals surface area contributed by atoms with Crippen LogP contribution in [0.25, 0.3) is 11.3 Å². The molecule has 0 atom stereocenters. The van der Waals surface area contributed by atoms with Crippen LogP contribution in [0.15, 0.2) is 79.6 Å². The number of fused-ring (bicyclic) bond motifs is 1. The van der Waals surface area contributed by atoms with Gasteiger partial charge in [0.15, 0.2) is 11.4 Å². The Morgan fingerprint density at radius 2 is 1.92 bits per heavy atom. The minimum Gasteiger partial charge on any atom is -0.306 e. The second kappa shape index (κ2) is 9.15. The summed E-state index contributed by atoms with van der Waals surface area (Å²) in [5, 5.41) is 4.23. The Hall–Kier alpha value is -4.71. The van der Waals surface area contributed by atoms with Crippen molar-refractivity contribution in [3.05, 3.63) is 113 Å². The van der Waals surface area contributed by atoms with E-state index in [1.54, 1.807) is 53.4 Å². The van der Waals surface area contributed by atoms with E-state index in [-0.39, 0.29) is 23.5 Å². The van der Waals surface area contributed by atoms with Gasteiger partial charge in [-0.2, -0.15) is 18.3 Å². The molecule has 2 aromatic carbocycles. The number of Topliss-reactive ketones (excluding diaryl/α,β-unsaturated/α-hetero) is 1. The molecule has 0 spiro atoms. The average Bonchev–Trinajstić information content (AvgIpc) is 3.53. The first-order valence-electron chi connectivity index (χ1n) is 10.9. The van der Waals surface area contributed by atoms with Crippen LogP contribution < -0.4 is 0 Å². The number of carbonyl (C=O) groups is 1. The first kappa shape index (κ1) is 23.1. The fraction of sp³-hybridized carbons (Fsp3) is 0.111. The lowest BCUT2D eigenvalue weighted by molar-refractivity contribution is -0.137. The molecule has 9 heteroatoms. The van der Waals surface area contributed by atoms with E-state index in [0.29, 0.717) is 22.5 Å². The highest BCUT2D eigenvalue weighted by Crippen LogP contribution is 2.32. The van der Waals surface area contributed by atoms with Gasteiger partial charge in [-0.1, -0.05) is 18.1 Å². The van der Waals surface area contributed by atoms with E-state index in [1.807, 2.05) is 13.0 Å². The zero-order chi connectivity index (χ0) is 25.3. The summed E-state index contributed by atoms with van der Waals surface area (Å²) in [7, 11) is 0. The zero-order valence-electron chi connectivity index (χ0n) is 19.0. The highest BCUT2D eigenvalue weighted by atomic mass is 19.4. The summed E-state index contributed by atoms with van der Waals surface area (Å²) in [5.41, 5.74) is 2.83. The van der Waals surface area contributed by atoms with E-state index >= 15 is 0 Å². The van der Waals surface area contributed by atoms with Crippen LogP contribution in [0.5, 0.6) is 0 Å². The number of imidazole rings is 2. The SMILES string of the molecule is Cc1ccc(C(=O)Cc2cc(-n3ccnc3)cc(C(F)(F)F)c2)cc1C#Cc1cnc2cccnn12. The molecular weight excluding hydrogens is 467 g/mol. The summed E-state index contributed by atoms with van der Waals surface area (Å²) in [6.45, 7) is 1.87. The summed E-state index contributed by atoms with van der Waals surface area (Å²) in [6.07, 6.45) is 2.94. The molecule has 3 aromatic heterocycles. The van der Waals surface area contributed by atoms with Crippen LogP contribution in [0, 0.1) is 18.8 Å². The summed E-state index contributed by atoms with van der Waals surface area (Å²) in [6, 6.07) is 12.3. The minimum absolute atomic E-state index is 0.196. The van der Waals surface area contributed by atoms with E-state index in [2.05, 4.69) is 26.9 Å². The highest BCUT2D eigenvalue weighted by molar-refractivity contribution is 5.98. The number of aryl methyl sites for hydroxylation is 1. The minimum atomic E-state index is -4.55. The third-order valence-corrected chi connectivity index (χ3v) is 5.63. The van der Waals surface area contributed by atoms with Crippen molar-refractivity contribution in [2.24, 2.45) is 0 Å². The third kappa shape index (κ3) is 4.74. The molecule has 5 aromatic rings. The number of benzene rings is 2. The molecule has 36 heavy (non-hydrogen) atoms. The van der Waals surface area contributed by atoms with Crippen LogP contribution in [0.4, 0.5) is 13.2 Å². The number of nitrogens with zero attached hydrogens (tertiary/aromatic N) is 5. The second-order valence-corrected chi connectivity index (χ2v) is 8.17. The zero-order valence-corrected chi connectivity index (χ0v) is 19.0. The standard InChI is InChI=1S/C27H18F3N5O/c1-18-4-5-21(14-20(18)6-7-23-16-32-26-3-2-8-33-35(23)26)25(36)13-19-11-22(27(28,29)30)15-24(12-19)34-10-9-31-17-34/h2-5,8-12,14-17H,13H2,1H3.